The Morgan fingerprint density at radius 1 is 1.13 bits per heavy atom. The summed E-state index contributed by atoms with van der Waals surface area (Å²) in [5.74, 6) is 1.23. The maximum Gasteiger partial charge on any atom is 0.260 e. The predicted molar refractivity (Wildman–Crippen MR) is 119 cm³/mol. The summed E-state index contributed by atoms with van der Waals surface area (Å²) >= 11 is 1.38. The van der Waals surface area contributed by atoms with Gasteiger partial charge in [-0.15, -0.1) is 11.3 Å². The molecule has 3 heterocycles. The fraction of sp³-hybridized carbons (Fsp3) is 0.174. The highest BCUT2D eigenvalue weighted by Gasteiger charge is 2.19. The fourth-order valence-electron chi connectivity index (χ4n) is 3.53. The number of carbonyl (C=O) groups is 1. The highest BCUT2D eigenvalue weighted by Crippen LogP contribution is 2.35. The Morgan fingerprint density at radius 3 is 2.74 bits per heavy atom. The molecule has 0 bridgehead atoms. The van der Waals surface area contributed by atoms with Crippen LogP contribution < -0.4 is 14.8 Å². The van der Waals surface area contributed by atoms with Crippen LogP contribution in [0.3, 0.4) is 0 Å². The van der Waals surface area contributed by atoms with E-state index in [1.165, 1.54) is 11.3 Å². The van der Waals surface area contributed by atoms with Crippen LogP contribution in [0.15, 0.2) is 60.1 Å². The van der Waals surface area contributed by atoms with Gasteiger partial charge >= 0.3 is 0 Å². The summed E-state index contributed by atoms with van der Waals surface area (Å²) in [4.78, 5) is 17.5. The Morgan fingerprint density at radius 2 is 1.94 bits per heavy atom. The first-order valence-corrected chi connectivity index (χ1v) is 10.9. The van der Waals surface area contributed by atoms with Gasteiger partial charge in [-0.2, -0.15) is 5.10 Å². The van der Waals surface area contributed by atoms with Gasteiger partial charge in [-0.25, -0.2) is 9.67 Å². The SMILES string of the molecule is CCc1c(C(=O)Nc2nc(-c3ccc4c(c3)OCCO4)cs2)cnn1-c1ccccc1. The molecule has 0 radical (unpaired) electrons. The zero-order valence-electron chi connectivity index (χ0n) is 16.9. The molecule has 4 aromatic rings. The second-order valence-corrected chi connectivity index (χ2v) is 7.81. The molecule has 156 valence electrons. The maximum absolute atomic E-state index is 12.9. The van der Waals surface area contributed by atoms with Gasteiger partial charge < -0.3 is 9.47 Å². The van der Waals surface area contributed by atoms with Crippen molar-refractivity contribution < 1.29 is 14.3 Å². The molecule has 31 heavy (non-hydrogen) atoms. The number of para-hydroxylation sites is 1. The van der Waals surface area contributed by atoms with Gasteiger partial charge in [0.25, 0.3) is 5.91 Å². The largest absolute Gasteiger partial charge is 0.486 e. The Bertz CT molecular complexity index is 1230. The molecule has 0 unspecified atom stereocenters. The molecule has 2 aromatic carbocycles. The normalized spacial score (nSPS) is 12.5. The number of nitrogens with zero attached hydrogens (tertiary/aromatic N) is 3. The van der Waals surface area contributed by atoms with E-state index in [0.29, 0.717) is 36.1 Å². The van der Waals surface area contributed by atoms with Crippen LogP contribution in [-0.4, -0.2) is 33.9 Å². The lowest BCUT2D eigenvalue weighted by molar-refractivity contribution is 0.102. The van der Waals surface area contributed by atoms with Gasteiger partial charge in [0.15, 0.2) is 16.6 Å². The van der Waals surface area contributed by atoms with Gasteiger partial charge in [0.2, 0.25) is 0 Å². The van der Waals surface area contributed by atoms with Crippen LogP contribution in [0, 0.1) is 0 Å². The van der Waals surface area contributed by atoms with Gasteiger partial charge in [-0.1, -0.05) is 25.1 Å². The summed E-state index contributed by atoms with van der Waals surface area (Å²) in [6.07, 6.45) is 2.29. The lowest BCUT2D eigenvalue weighted by atomic mass is 10.1. The van der Waals surface area contributed by atoms with E-state index in [9.17, 15) is 4.79 Å². The van der Waals surface area contributed by atoms with Crippen molar-refractivity contribution in [2.24, 2.45) is 0 Å². The third kappa shape index (κ3) is 3.77. The van der Waals surface area contributed by atoms with Crippen LogP contribution in [0.1, 0.15) is 23.0 Å². The van der Waals surface area contributed by atoms with Crippen molar-refractivity contribution in [3.05, 3.63) is 71.4 Å². The summed E-state index contributed by atoms with van der Waals surface area (Å²) in [6.45, 7) is 3.10. The van der Waals surface area contributed by atoms with E-state index in [1.807, 2.05) is 60.8 Å². The number of ether oxygens (including phenoxy) is 2. The molecule has 0 saturated carbocycles. The van der Waals surface area contributed by atoms with Crippen LogP contribution in [0.25, 0.3) is 16.9 Å². The Balaban J connectivity index is 1.36. The highest BCUT2D eigenvalue weighted by molar-refractivity contribution is 7.14. The van der Waals surface area contributed by atoms with E-state index in [0.717, 1.165) is 28.4 Å². The number of hydrogen-bond acceptors (Lipinski definition) is 6. The molecular formula is C23H20N4O3S. The Hall–Kier alpha value is -3.65. The first kappa shape index (κ1) is 19.3. The second-order valence-electron chi connectivity index (χ2n) is 6.96. The molecule has 0 aliphatic carbocycles. The first-order chi connectivity index (χ1) is 15.2. The summed E-state index contributed by atoms with van der Waals surface area (Å²) in [5, 5.41) is 9.78. The van der Waals surface area contributed by atoms with E-state index in [-0.39, 0.29) is 5.91 Å². The number of amides is 1. The minimum atomic E-state index is -0.220. The van der Waals surface area contributed by atoms with E-state index < -0.39 is 0 Å². The smallest absolute Gasteiger partial charge is 0.260 e. The van der Waals surface area contributed by atoms with Crippen LogP contribution in [-0.2, 0) is 6.42 Å². The number of benzene rings is 2. The maximum atomic E-state index is 12.9. The van der Waals surface area contributed by atoms with E-state index in [1.54, 1.807) is 10.9 Å². The topological polar surface area (TPSA) is 78.3 Å². The number of carbonyl (C=O) groups excluding carboxylic acids is 1. The van der Waals surface area contributed by atoms with Crippen LogP contribution in [0.5, 0.6) is 11.5 Å². The van der Waals surface area contributed by atoms with Gasteiger partial charge in [-0.3, -0.25) is 10.1 Å². The van der Waals surface area contributed by atoms with Gasteiger partial charge in [0.1, 0.15) is 13.2 Å². The minimum Gasteiger partial charge on any atom is -0.486 e. The standard InChI is InChI=1S/C23H20N4O3S/c1-2-19-17(13-24-27(19)16-6-4-3-5-7-16)22(28)26-23-25-18(14-31-23)15-8-9-20-21(12-15)30-11-10-29-20/h3-9,12-14H,2,10-11H2,1H3,(H,25,26,28). The zero-order chi connectivity index (χ0) is 21.2. The third-order valence-corrected chi connectivity index (χ3v) is 5.77. The highest BCUT2D eigenvalue weighted by atomic mass is 32.1. The van der Waals surface area contributed by atoms with Crippen molar-refractivity contribution in [3.63, 3.8) is 0 Å². The molecule has 2 aromatic heterocycles. The zero-order valence-corrected chi connectivity index (χ0v) is 17.7. The molecule has 0 atom stereocenters. The number of hydrogen-bond donors (Lipinski definition) is 1. The van der Waals surface area contributed by atoms with Crippen molar-refractivity contribution in [2.45, 2.75) is 13.3 Å². The van der Waals surface area contributed by atoms with Gasteiger partial charge in [-0.05, 0) is 36.8 Å². The van der Waals surface area contributed by atoms with Gasteiger partial charge in [0, 0.05) is 10.9 Å². The van der Waals surface area contributed by atoms with E-state index in [4.69, 9.17) is 9.47 Å². The molecule has 0 fully saturated rings. The third-order valence-electron chi connectivity index (χ3n) is 5.01. The molecule has 5 rings (SSSR count). The Labute approximate surface area is 183 Å². The van der Waals surface area contributed by atoms with Crippen molar-refractivity contribution in [1.29, 1.82) is 0 Å². The number of anilines is 1. The molecule has 8 heteroatoms. The average Bonchev–Trinajstić information content (AvgIpc) is 3.46. The Kier molecular flexibility index (Phi) is 5.13. The summed E-state index contributed by atoms with van der Waals surface area (Å²) in [5.41, 5.74) is 4.00. The molecular weight excluding hydrogens is 412 g/mol. The first-order valence-electron chi connectivity index (χ1n) is 10.0. The van der Waals surface area contributed by atoms with E-state index in [2.05, 4.69) is 15.4 Å². The molecule has 1 N–H and O–H groups in total. The van der Waals surface area contributed by atoms with Gasteiger partial charge in [0.05, 0.1) is 28.8 Å². The summed E-state index contributed by atoms with van der Waals surface area (Å²) in [6, 6.07) is 15.5. The van der Waals surface area contributed by atoms with E-state index >= 15 is 0 Å². The fourth-order valence-corrected chi connectivity index (χ4v) is 4.24. The van der Waals surface area contributed by atoms with Crippen LogP contribution in [0.4, 0.5) is 5.13 Å². The molecule has 0 spiro atoms. The monoisotopic (exact) mass is 432 g/mol. The van der Waals surface area contributed by atoms with Crippen LogP contribution >= 0.6 is 11.3 Å². The predicted octanol–water partition coefficient (Wildman–Crippen LogP) is 4.58. The van der Waals surface area contributed by atoms with Crippen molar-refractivity contribution in [3.8, 4) is 28.4 Å². The van der Waals surface area contributed by atoms with Crippen molar-refractivity contribution in [2.75, 3.05) is 18.5 Å². The van der Waals surface area contributed by atoms with Crippen molar-refractivity contribution >= 4 is 22.4 Å². The molecule has 1 aliphatic rings. The lowest BCUT2D eigenvalue weighted by Gasteiger charge is -2.18. The quantitative estimate of drug-likeness (QED) is 0.499. The summed E-state index contributed by atoms with van der Waals surface area (Å²) < 4.78 is 13.0. The molecule has 1 aliphatic heterocycles. The van der Waals surface area contributed by atoms with Crippen LogP contribution in [0.2, 0.25) is 0 Å². The molecule has 7 nitrogen and oxygen atoms in total. The number of thiazole rings is 1. The van der Waals surface area contributed by atoms with Crippen molar-refractivity contribution in [1.82, 2.24) is 14.8 Å². The average molecular weight is 433 g/mol. The number of rotatable bonds is 5. The number of fused-ring (bicyclic) bond motifs is 1. The number of nitrogens with one attached hydrogen (secondary N) is 1. The summed E-state index contributed by atoms with van der Waals surface area (Å²) in [7, 11) is 0. The molecule has 1 amide bonds. The second kappa shape index (κ2) is 8.23. The minimum absolute atomic E-state index is 0.220. The molecule has 0 saturated heterocycles. The number of aromatic nitrogens is 3. The lowest BCUT2D eigenvalue weighted by Crippen LogP contribution is -2.15.